The van der Waals surface area contributed by atoms with E-state index in [9.17, 15) is 13.2 Å². The first-order valence-electron chi connectivity index (χ1n) is 6.42. The molecule has 1 aromatic heterocycles. The summed E-state index contributed by atoms with van der Waals surface area (Å²) >= 11 is 0. The van der Waals surface area contributed by atoms with Gasteiger partial charge in [-0.25, -0.2) is 4.98 Å². The minimum Gasteiger partial charge on any atom is -0.476 e. The van der Waals surface area contributed by atoms with Crippen molar-refractivity contribution in [1.82, 2.24) is 10.3 Å². The summed E-state index contributed by atoms with van der Waals surface area (Å²) in [6.07, 6.45) is -0.913. The van der Waals surface area contributed by atoms with Gasteiger partial charge in [-0.3, -0.25) is 0 Å². The van der Waals surface area contributed by atoms with E-state index >= 15 is 0 Å². The molecule has 1 N–H and O–H groups in total. The van der Waals surface area contributed by atoms with E-state index in [-0.39, 0.29) is 11.9 Å². The number of halogens is 3. The Morgan fingerprint density at radius 1 is 1.32 bits per heavy atom. The average Bonchev–Trinajstić information content (AvgIpc) is 3.14. The van der Waals surface area contributed by atoms with Crippen molar-refractivity contribution in [3.8, 4) is 5.88 Å². The second-order valence-corrected chi connectivity index (χ2v) is 5.29. The monoisotopic (exact) mass is 272 g/mol. The topological polar surface area (TPSA) is 34.1 Å². The van der Waals surface area contributed by atoms with E-state index in [2.05, 4.69) is 10.3 Å². The number of ether oxygens (including phenoxy) is 1. The van der Waals surface area contributed by atoms with Gasteiger partial charge < -0.3 is 10.1 Å². The number of hydrogen-bond acceptors (Lipinski definition) is 3. The van der Waals surface area contributed by atoms with Crippen molar-refractivity contribution in [1.29, 1.82) is 0 Å². The quantitative estimate of drug-likeness (QED) is 0.918. The number of hydrogen-bond donors (Lipinski definition) is 1. The molecule has 0 amide bonds. The number of rotatable bonds is 3. The van der Waals surface area contributed by atoms with Gasteiger partial charge in [0, 0.05) is 18.3 Å². The molecule has 0 radical (unpaired) electrons. The molecule has 1 saturated carbocycles. The van der Waals surface area contributed by atoms with Gasteiger partial charge in [0.05, 0.1) is 5.56 Å². The van der Waals surface area contributed by atoms with Gasteiger partial charge in [-0.05, 0) is 37.3 Å². The first-order chi connectivity index (χ1) is 9.02. The van der Waals surface area contributed by atoms with E-state index in [4.69, 9.17) is 4.74 Å². The van der Waals surface area contributed by atoms with Crippen LogP contribution in [-0.4, -0.2) is 24.2 Å². The van der Waals surface area contributed by atoms with Crippen molar-refractivity contribution in [3.05, 3.63) is 23.9 Å². The summed E-state index contributed by atoms with van der Waals surface area (Å²) in [5.74, 6) is 1.63. The maximum absolute atomic E-state index is 12.5. The Bertz CT molecular complexity index is 463. The minimum atomic E-state index is -4.36. The van der Waals surface area contributed by atoms with Gasteiger partial charge in [0.2, 0.25) is 5.88 Å². The zero-order valence-electron chi connectivity index (χ0n) is 10.3. The third kappa shape index (κ3) is 3.00. The molecule has 6 heteroatoms. The molecule has 19 heavy (non-hydrogen) atoms. The van der Waals surface area contributed by atoms with Gasteiger partial charge in [0.25, 0.3) is 0 Å². The lowest BCUT2D eigenvalue weighted by atomic mass is 10.1. The highest BCUT2D eigenvalue weighted by atomic mass is 19.4. The molecule has 0 bridgehead atoms. The average molecular weight is 272 g/mol. The number of piperidine rings is 1. The molecule has 3 rings (SSSR count). The standard InChI is InChI=1S/C13H15F3N2O/c14-13(15,16)10-1-2-17-12(5-10)19-7-11-4-8-3-9(8)6-18-11/h1-2,5,8-9,11,18H,3-4,6-7H2. The highest BCUT2D eigenvalue weighted by Gasteiger charge is 2.42. The Hall–Kier alpha value is -1.30. The van der Waals surface area contributed by atoms with E-state index in [1.54, 1.807) is 0 Å². The molecule has 104 valence electrons. The van der Waals surface area contributed by atoms with Crippen LogP contribution in [0.2, 0.25) is 0 Å². The van der Waals surface area contributed by atoms with Crippen LogP contribution in [0.1, 0.15) is 18.4 Å². The predicted molar refractivity (Wildman–Crippen MR) is 62.7 cm³/mol. The van der Waals surface area contributed by atoms with Crippen LogP contribution in [0.3, 0.4) is 0 Å². The van der Waals surface area contributed by atoms with Crippen LogP contribution in [0.4, 0.5) is 13.2 Å². The Labute approximate surface area is 109 Å². The summed E-state index contributed by atoms with van der Waals surface area (Å²) < 4.78 is 42.9. The predicted octanol–water partition coefficient (Wildman–Crippen LogP) is 2.48. The van der Waals surface area contributed by atoms with E-state index in [0.717, 1.165) is 43.1 Å². The van der Waals surface area contributed by atoms with Crippen molar-refractivity contribution in [3.63, 3.8) is 0 Å². The zero-order chi connectivity index (χ0) is 13.5. The van der Waals surface area contributed by atoms with Crippen LogP contribution >= 0.6 is 0 Å². The van der Waals surface area contributed by atoms with Crippen LogP contribution in [0.5, 0.6) is 5.88 Å². The summed E-state index contributed by atoms with van der Waals surface area (Å²) in [6.45, 7) is 1.37. The molecular formula is C13H15F3N2O. The van der Waals surface area contributed by atoms with Gasteiger partial charge in [0.1, 0.15) is 6.61 Å². The molecule has 1 aliphatic carbocycles. The fourth-order valence-electron chi connectivity index (χ4n) is 2.59. The summed E-state index contributed by atoms with van der Waals surface area (Å²) in [4.78, 5) is 3.82. The molecular weight excluding hydrogens is 257 g/mol. The largest absolute Gasteiger partial charge is 0.476 e. The summed E-state index contributed by atoms with van der Waals surface area (Å²) in [5.41, 5.74) is -0.726. The van der Waals surface area contributed by atoms with Crippen LogP contribution in [0.25, 0.3) is 0 Å². The lowest BCUT2D eigenvalue weighted by Crippen LogP contribution is -2.39. The number of aromatic nitrogens is 1. The molecule has 0 aromatic carbocycles. The SMILES string of the molecule is FC(F)(F)c1ccnc(OCC2CC3CC3CN2)c1. The van der Waals surface area contributed by atoms with Crippen molar-refractivity contribution >= 4 is 0 Å². The molecule has 1 aromatic rings. The van der Waals surface area contributed by atoms with Crippen LogP contribution in [-0.2, 0) is 6.18 Å². The van der Waals surface area contributed by atoms with Gasteiger partial charge in [-0.15, -0.1) is 0 Å². The molecule has 3 nitrogen and oxygen atoms in total. The van der Waals surface area contributed by atoms with E-state index in [1.807, 2.05) is 0 Å². The lowest BCUT2D eigenvalue weighted by Gasteiger charge is -2.22. The van der Waals surface area contributed by atoms with E-state index < -0.39 is 11.7 Å². The van der Waals surface area contributed by atoms with Crippen LogP contribution < -0.4 is 10.1 Å². The summed E-state index contributed by atoms with van der Waals surface area (Å²) in [5, 5.41) is 3.35. The number of alkyl halides is 3. The van der Waals surface area contributed by atoms with Gasteiger partial charge in [-0.1, -0.05) is 0 Å². The molecule has 2 heterocycles. The number of fused-ring (bicyclic) bond motifs is 1. The second-order valence-electron chi connectivity index (χ2n) is 5.29. The fourth-order valence-corrected chi connectivity index (χ4v) is 2.59. The molecule has 3 atom stereocenters. The molecule has 0 spiro atoms. The van der Waals surface area contributed by atoms with Gasteiger partial charge in [-0.2, -0.15) is 13.2 Å². The molecule has 1 saturated heterocycles. The summed E-state index contributed by atoms with van der Waals surface area (Å²) in [6, 6.07) is 2.11. The number of nitrogens with zero attached hydrogens (tertiary/aromatic N) is 1. The van der Waals surface area contributed by atoms with Gasteiger partial charge in [0.15, 0.2) is 0 Å². The summed E-state index contributed by atoms with van der Waals surface area (Å²) in [7, 11) is 0. The van der Waals surface area contributed by atoms with Crippen LogP contribution in [0.15, 0.2) is 18.3 Å². The molecule has 2 aliphatic rings. The van der Waals surface area contributed by atoms with Gasteiger partial charge >= 0.3 is 6.18 Å². The smallest absolute Gasteiger partial charge is 0.416 e. The first kappa shape index (κ1) is 12.7. The Morgan fingerprint density at radius 3 is 2.89 bits per heavy atom. The van der Waals surface area contributed by atoms with Crippen molar-refractivity contribution in [2.45, 2.75) is 25.1 Å². The van der Waals surface area contributed by atoms with Crippen molar-refractivity contribution < 1.29 is 17.9 Å². The Morgan fingerprint density at radius 2 is 2.16 bits per heavy atom. The first-order valence-corrected chi connectivity index (χ1v) is 6.42. The van der Waals surface area contributed by atoms with Crippen LogP contribution in [0, 0.1) is 11.8 Å². The molecule has 3 unspecified atom stereocenters. The highest BCUT2D eigenvalue weighted by molar-refractivity contribution is 5.23. The second kappa shape index (κ2) is 4.67. The highest BCUT2D eigenvalue weighted by Crippen LogP contribution is 2.44. The Kier molecular flexibility index (Phi) is 3.12. The third-order valence-corrected chi connectivity index (χ3v) is 3.82. The van der Waals surface area contributed by atoms with Crippen molar-refractivity contribution in [2.24, 2.45) is 11.8 Å². The fraction of sp³-hybridized carbons (Fsp3) is 0.615. The molecule has 2 fully saturated rings. The van der Waals surface area contributed by atoms with E-state index in [0.29, 0.717) is 6.61 Å². The molecule has 1 aliphatic heterocycles. The number of pyridine rings is 1. The minimum absolute atomic E-state index is 0.0366. The third-order valence-electron chi connectivity index (χ3n) is 3.82. The maximum atomic E-state index is 12.5. The zero-order valence-corrected chi connectivity index (χ0v) is 10.3. The lowest BCUT2D eigenvalue weighted by molar-refractivity contribution is -0.137. The maximum Gasteiger partial charge on any atom is 0.416 e. The van der Waals surface area contributed by atoms with Crippen molar-refractivity contribution in [2.75, 3.05) is 13.2 Å². The van der Waals surface area contributed by atoms with E-state index in [1.165, 1.54) is 6.42 Å². The number of nitrogens with one attached hydrogen (secondary N) is 1. The normalized spacial score (nSPS) is 29.7. The Balaban J connectivity index is 1.57.